The smallest absolute Gasteiger partial charge is 0.343 e. The van der Waals surface area contributed by atoms with E-state index in [1.165, 1.54) is 39.2 Å². The fourth-order valence-electron chi connectivity index (χ4n) is 7.50. The van der Waals surface area contributed by atoms with E-state index in [-0.39, 0.29) is 50.2 Å². The van der Waals surface area contributed by atoms with Crippen LogP contribution in [0.4, 0.5) is 4.39 Å². The van der Waals surface area contributed by atoms with Gasteiger partial charge in [-0.3, -0.25) is 0 Å². The van der Waals surface area contributed by atoms with Crippen LogP contribution in [0.2, 0.25) is 0 Å². The number of benzene rings is 4. The van der Waals surface area contributed by atoms with Gasteiger partial charge in [-0.25, -0.2) is 18.8 Å². The van der Waals surface area contributed by atoms with Gasteiger partial charge >= 0.3 is 17.9 Å². The highest BCUT2D eigenvalue weighted by Gasteiger charge is 2.24. The highest BCUT2D eigenvalue weighted by molar-refractivity contribution is 5.97. The Hall–Kier alpha value is -5.90. The van der Waals surface area contributed by atoms with E-state index in [0.29, 0.717) is 53.7 Å². The number of halogens is 1. The molecule has 4 aromatic carbocycles. The van der Waals surface area contributed by atoms with Crippen molar-refractivity contribution < 1.29 is 56.7 Å². The average Bonchev–Trinajstić information content (AvgIpc) is 4.16. The Balaban J connectivity index is 0.915. The van der Waals surface area contributed by atoms with Gasteiger partial charge < -0.3 is 37.9 Å². The van der Waals surface area contributed by atoms with Crippen molar-refractivity contribution in [3.05, 3.63) is 108 Å². The Morgan fingerprint density at radius 2 is 1.46 bits per heavy atom. The van der Waals surface area contributed by atoms with E-state index in [2.05, 4.69) is 18.4 Å². The summed E-state index contributed by atoms with van der Waals surface area (Å²) in [5.41, 5.74) is 1.53. The molecule has 0 radical (unpaired) electrons. The summed E-state index contributed by atoms with van der Waals surface area (Å²) in [6, 6.07) is 22.8. The summed E-state index contributed by atoms with van der Waals surface area (Å²) in [6.07, 6.45) is 13.1. The first kappa shape index (κ1) is 48.6. The van der Waals surface area contributed by atoms with Crippen molar-refractivity contribution in [1.82, 2.24) is 0 Å². The van der Waals surface area contributed by atoms with Crippen LogP contribution in [0.15, 0.2) is 91.5 Å². The van der Waals surface area contributed by atoms with Crippen LogP contribution in [0, 0.1) is 17.8 Å². The third-order valence-electron chi connectivity index (χ3n) is 11.3. The highest BCUT2D eigenvalue weighted by atomic mass is 19.1. The predicted octanol–water partition coefficient (Wildman–Crippen LogP) is 10.9. The zero-order valence-electron chi connectivity index (χ0n) is 37.4. The molecule has 1 saturated carbocycles. The first-order chi connectivity index (χ1) is 31.8. The SMILES string of the molecule is C=CC(=O)OCCCCC(F)COc1ccc2cc(C(=O)Oc3ccc(C#CC4CCC(OC(=O)c5ccc(OCCCCCCCCC6CO6)cc5)CC4)cc3OCOC)ccc2c1. The Bertz CT molecular complexity index is 2220. The van der Waals surface area contributed by atoms with E-state index in [9.17, 15) is 18.8 Å². The molecule has 1 saturated heterocycles. The summed E-state index contributed by atoms with van der Waals surface area (Å²) < 4.78 is 58.7. The van der Waals surface area contributed by atoms with Crippen LogP contribution in [-0.4, -0.2) is 76.6 Å². The Kier molecular flexibility index (Phi) is 19.5. The first-order valence-electron chi connectivity index (χ1n) is 22.9. The lowest BCUT2D eigenvalue weighted by molar-refractivity contribution is -0.137. The van der Waals surface area contributed by atoms with Gasteiger partial charge in [-0.15, -0.1) is 0 Å². The monoisotopic (exact) mass is 892 g/mol. The van der Waals surface area contributed by atoms with Crippen LogP contribution in [0.25, 0.3) is 10.8 Å². The number of ether oxygens (including phenoxy) is 8. The van der Waals surface area contributed by atoms with E-state index in [1.54, 1.807) is 66.7 Å². The van der Waals surface area contributed by atoms with Crippen molar-refractivity contribution in [2.24, 2.45) is 5.92 Å². The van der Waals surface area contributed by atoms with E-state index in [1.807, 2.05) is 12.1 Å². The van der Waals surface area contributed by atoms with Crippen LogP contribution < -0.4 is 18.9 Å². The van der Waals surface area contributed by atoms with Crippen molar-refractivity contribution in [3.63, 3.8) is 0 Å². The molecular weight excluding hydrogens is 832 g/mol. The number of alkyl halides is 1. The van der Waals surface area contributed by atoms with Crippen LogP contribution in [0.3, 0.4) is 0 Å². The summed E-state index contributed by atoms with van der Waals surface area (Å²) >= 11 is 0. The second kappa shape index (κ2) is 26.2. The zero-order valence-corrected chi connectivity index (χ0v) is 37.4. The number of methoxy groups -OCH3 is 1. The minimum Gasteiger partial charge on any atom is -0.494 e. The molecule has 6 rings (SSSR count). The maximum Gasteiger partial charge on any atom is 0.343 e. The van der Waals surface area contributed by atoms with Crippen LogP contribution in [0.5, 0.6) is 23.0 Å². The Morgan fingerprint density at radius 3 is 2.23 bits per heavy atom. The third-order valence-corrected chi connectivity index (χ3v) is 11.3. The fraction of sp³-hybridized carbons (Fsp3) is 0.453. The second-order valence-electron chi connectivity index (χ2n) is 16.5. The normalized spacial score (nSPS) is 16.9. The molecule has 0 bridgehead atoms. The molecule has 1 aliphatic heterocycles. The van der Waals surface area contributed by atoms with Crippen LogP contribution in [0.1, 0.15) is 116 Å². The lowest BCUT2D eigenvalue weighted by Gasteiger charge is -2.25. The van der Waals surface area contributed by atoms with Crippen molar-refractivity contribution in [2.45, 2.75) is 108 Å². The summed E-state index contributed by atoms with van der Waals surface area (Å²) in [7, 11) is 1.50. The van der Waals surface area contributed by atoms with E-state index >= 15 is 0 Å². The van der Waals surface area contributed by atoms with Gasteiger partial charge in [0.1, 0.15) is 30.4 Å². The van der Waals surface area contributed by atoms with Gasteiger partial charge in [0.15, 0.2) is 18.3 Å². The average molecular weight is 893 g/mol. The number of esters is 3. The maximum atomic E-state index is 14.4. The number of rotatable bonds is 26. The van der Waals surface area contributed by atoms with E-state index in [4.69, 9.17) is 37.9 Å². The molecule has 65 heavy (non-hydrogen) atoms. The molecule has 1 aliphatic carbocycles. The number of hydrogen-bond donors (Lipinski definition) is 0. The lowest BCUT2D eigenvalue weighted by atomic mass is 9.87. The number of fused-ring (bicyclic) bond motifs is 1. The van der Waals surface area contributed by atoms with Gasteiger partial charge in [0.2, 0.25) is 0 Å². The predicted molar refractivity (Wildman–Crippen MR) is 245 cm³/mol. The minimum atomic E-state index is -1.17. The molecule has 2 atom stereocenters. The van der Waals surface area contributed by atoms with Gasteiger partial charge in [-0.2, -0.15) is 0 Å². The van der Waals surface area contributed by atoms with Gasteiger partial charge in [0, 0.05) is 24.7 Å². The summed E-state index contributed by atoms with van der Waals surface area (Å²) in [5, 5.41) is 1.59. The third kappa shape index (κ3) is 16.9. The molecule has 0 spiro atoms. The van der Waals surface area contributed by atoms with Gasteiger partial charge in [0.05, 0.1) is 37.1 Å². The molecule has 2 fully saturated rings. The number of carbonyl (C=O) groups excluding carboxylic acids is 3. The fourth-order valence-corrected chi connectivity index (χ4v) is 7.50. The largest absolute Gasteiger partial charge is 0.494 e. The van der Waals surface area contributed by atoms with Crippen molar-refractivity contribution in [3.8, 4) is 34.8 Å². The minimum absolute atomic E-state index is 0.0590. The molecule has 346 valence electrons. The number of unbranched alkanes of at least 4 members (excludes halogenated alkanes) is 6. The molecule has 11 nitrogen and oxygen atoms in total. The standard InChI is InChI=1S/C53H61FO11/c1-3-51(55)60-31-11-9-12-44(54)35-61-47-28-23-41-33-43(20-19-42(41)34-47)53(57)65-49-29-18-39(32-50(49)63-37-58-2)15-14-38-16-24-46(25-17-38)64-52(56)40-21-26-45(27-22-40)59-30-10-7-5-4-6-8-13-48-36-62-48/h3,18-23,26-29,32-34,38,44,46,48H,1,4-13,16-17,24-25,30-31,35-37H2,2H3. The number of carbonyl (C=O) groups is 3. The van der Waals surface area contributed by atoms with E-state index in [0.717, 1.165) is 67.7 Å². The number of hydrogen-bond acceptors (Lipinski definition) is 11. The van der Waals surface area contributed by atoms with Gasteiger partial charge in [-0.1, -0.05) is 62.7 Å². The molecule has 1 heterocycles. The molecule has 0 amide bonds. The van der Waals surface area contributed by atoms with Crippen molar-refractivity contribution in [2.75, 3.05) is 40.3 Å². The molecule has 0 N–H and O–H groups in total. The topological polar surface area (TPSA) is 128 Å². The molecule has 0 aromatic heterocycles. The number of epoxide rings is 1. The zero-order chi connectivity index (χ0) is 45.6. The van der Waals surface area contributed by atoms with Crippen LogP contribution >= 0.6 is 0 Å². The Morgan fingerprint density at radius 1 is 0.754 bits per heavy atom. The molecule has 2 unspecified atom stereocenters. The highest BCUT2D eigenvalue weighted by Crippen LogP contribution is 2.31. The quantitative estimate of drug-likeness (QED) is 0.0114. The van der Waals surface area contributed by atoms with E-state index < -0.39 is 18.1 Å². The summed E-state index contributed by atoms with van der Waals surface area (Å²) in [4.78, 5) is 37.4. The van der Waals surface area contributed by atoms with Gasteiger partial charge in [0.25, 0.3) is 0 Å². The summed E-state index contributed by atoms with van der Waals surface area (Å²) in [5.74, 6) is 7.14. The Labute approximate surface area is 381 Å². The van der Waals surface area contributed by atoms with Crippen LogP contribution in [-0.2, 0) is 23.7 Å². The summed E-state index contributed by atoms with van der Waals surface area (Å²) in [6.45, 7) is 5.02. The lowest BCUT2D eigenvalue weighted by Crippen LogP contribution is -2.24. The molecule has 12 heteroatoms. The molecule has 2 aliphatic rings. The first-order valence-corrected chi connectivity index (χ1v) is 22.9. The second-order valence-corrected chi connectivity index (χ2v) is 16.5. The molecular formula is C53H61FO11. The maximum absolute atomic E-state index is 14.4. The van der Waals surface area contributed by atoms with Crippen molar-refractivity contribution in [1.29, 1.82) is 0 Å². The van der Waals surface area contributed by atoms with Crippen molar-refractivity contribution >= 4 is 28.7 Å². The van der Waals surface area contributed by atoms with Gasteiger partial charge in [-0.05, 0) is 135 Å². The molecule has 4 aromatic rings.